The van der Waals surface area contributed by atoms with Crippen LogP contribution >= 0.6 is 11.3 Å². The zero-order valence-electron chi connectivity index (χ0n) is 19.9. The Hall–Kier alpha value is -3.98. The second-order valence-electron chi connectivity index (χ2n) is 8.62. The molecule has 0 bridgehead atoms. The number of amides is 1. The number of carbonyl (C=O) groups excluding carboxylic acids is 2. The summed E-state index contributed by atoms with van der Waals surface area (Å²) >= 11 is 1.48. The van der Waals surface area contributed by atoms with Gasteiger partial charge in [0.25, 0.3) is 11.7 Å². The second kappa shape index (κ2) is 9.58. The molecule has 3 heterocycles. The minimum Gasteiger partial charge on any atom is -0.507 e. The number of aromatic hydroxyl groups is 1. The molecule has 2 aromatic carbocycles. The number of aliphatic hydroxyl groups is 1. The summed E-state index contributed by atoms with van der Waals surface area (Å²) in [6.07, 6.45) is 0. The minimum atomic E-state index is -0.864. The van der Waals surface area contributed by atoms with E-state index in [-0.39, 0.29) is 29.4 Å². The Labute approximate surface area is 212 Å². The maximum Gasteiger partial charge on any atom is 0.295 e. The lowest BCUT2D eigenvalue weighted by Gasteiger charge is -2.28. The van der Waals surface area contributed by atoms with Gasteiger partial charge in [-0.3, -0.25) is 9.59 Å². The van der Waals surface area contributed by atoms with E-state index in [1.54, 1.807) is 37.3 Å². The molecule has 1 fully saturated rings. The van der Waals surface area contributed by atoms with Crippen LogP contribution in [0.4, 0.5) is 5.69 Å². The number of phenols is 1. The first-order valence-corrected chi connectivity index (χ1v) is 12.5. The number of thiophene rings is 1. The van der Waals surface area contributed by atoms with Crippen molar-refractivity contribution in [2.24, 2.45) is 0 Å². The van der Waals surface area contributed by atoms with Crippen LogP contribution in [0, 0.1) is 0 Å². The Kier molecular flexibility index (Phi) is 6.32. The Balaban J connectivity index is 1.66. The molecule has 9 heteroatoms. The maximum atomic E-state index is 13.4. The first-order chi connectivity index (χ1) is 17.4. The number of aliphatic hydroxyl groups excluding tert-OH is 1. The van der Waals surface area contributed by atoms with E-state index in [0.717, 1.165) is 10.6 Å². The number of carbonyl (C=O) groups is 2. The smallest absolute Gasteiger partial charge is 0.295 e. The van der Waals surface area contributed by atoms with Gasteiger partial charge in [0.2, 0.25) is 0 Å². The fraction of sp³-hybridized carbons (Fsp3) is 0.259. The first kappa shape index (κ1) is 23.7. The van der Waals surface area contributed by atoms with Gasteiger partial charge < -0.3 is 29.5 Å². The number of likely N-dealkylation sites (tertiary alicyclic amines) is 1. The van der Waals surface area contributed by atoms with Crippen LogP contribution in [-0.2, 0) is 16.1 Å². The van der Waals surface area contributed by atoms with Gasteiger partial charge >= 0.3 is 0 Å². The number of phenolic OH excluding ortho intramolecular Hbond substituents is 1. The Bertz CT molecular complexity index is 1350. The van der Waals surface area contributed by atoms with E-state index in [9.17, 15) is 19.8 Å². The molecule has 3 aromatic rings. The fourth-order valence-electron chi connectivity index (χ4n) is 4.59. The predicted octanol–water partition coefficient (Wildman–Crippen LogP) is 4.30. The molecule has 1 saturated heterocycles. The van der Waals surface area contributed by atoms with Crippen LogP contribution in [0.2, 0.25) is 0 Å². The molecule has 0 aliphatic carbocycles. The third-order valence-corrected chi connectivity index (χ3v) is 7.23. The molecule has 0 spiro atoms. The third-order valence-electron chi connectivity index (χ3n) is 6.37. The molecule has 2 aliphatic heterocycles. The zero-order valence-corrected chi connectivity index (χ0v) is 20.7. The summed E-state index contributed by atoms with van der Waals surface area (Å²) in [5.41, 5.74) is 1.74. The Morgan fingerprint density at radius 2 is 2.03 bits per heavy atom. The lowest BCUT2D eigenvalue weighted by atomic mass is 9.94. The third kappa shape index (κ3) is 4.15. The lowest BCUT2D eigenvalue weighted by molar-refractivity contribution is -0.140. The van der Waals surface area contributed by atoms with Gasteiger partial charge in [-0.15, -0.1) is 11.3 Å². The van der Waals surface area contributed by atoms with Crippen LogP contribution in [0.1, 0.15) is 29.0 Å². The van der Waals surface area contributed by atoms with E-state index in [1.165, 1.54) is 22.3 Å². The highest BCUT2D eigenvalue weighted by Gasteiger charge is 2.46. The summed E-state index contributed by atoms with van der Waals surface area (Å²) < 4.78 is 11.3. The van der Waals surface area contributed by atoms with E-state index in [2.05, 4.69) is 0 Å². The number of likely N-dealkylation sites (N-methyl/N-ethyl adjacent to an activating group) is 1. The van der Waals surface area contributed by atoms with Crippen molar-refractivity contribution in [2.45, 2.75) is 19.5 Å². The van der Waals surface area contributed by atoms with E-state index >= 15 is 0 Å². The number of Topliss-reactive ketones (excluding diaryl/α,β-unsaturated/α-hetero) is 1. The van der Waals surface area contributed by atoms with Crippen LogP contribution in [0.25, 0.3) is 5.76 Å². The molecule has 36 heavy (non-hydrogen) atoms. The van der Waals surface area contributed by atoms with E-state index < -0.39 is 17.7 Å². The van der Waals surface area contributed by atoms with Crippen LogP contribution in [0.15, 0.2) is 59.5 Å². The van der Waals surface area contributed by atoms with Gasteiger partial charge in [-0.1, -0.05) is 12.1 Å². The molecule has 1 aromatic heterocycles. The predicted molar refractivity (Wildman–Crippen MR) is 137 cm³/mol. The quantitative estimate of drug-likeness (QED) is 0.292. The number of anilines is 1. The highest BCUT2D eigenvalue weighted by molar-refractivity contribution is 7.09. The highest BCUT2D eigenvalue weighted by atomic mass is 32.1. The molecule has 0 radical (unpaired) electrons. The van der Waals surface area contributed by atoms with E-state index in [1.807, 2.05) is 29.5 Å². The van der Waals surface area contributed by atoms with Crippen molar-refractivity contribution in [1.82, 2.24) is 4.90 Å². The molecular weight excluding hydrogens is 480 g/mol. The van der Waals surface area contributed by atoms with Gasteiger partial charge in [0.05, 0.1) is 37.0 Å². The van der Waals surface area contributed by atoms with Gasteiger partial charge in [-0.2, -0.15) is 0 Å². The normalized spacial score (nSPS) is 18.8. The summed E-state index contributed by atoms with van der Waals surface area (Å²) in [6, 6.07) is 12.8. The molecule has 5 rings (SSSR count). The van der Waals surface area contributed by atoms with Crippen LogP contribution in [-0.4, -0.2) is 53.6 Å². The summed E-state index contributed by atoms with van der Waals surface area (Å²) in [5, 5.41) is 23.6. The number of ketones is 1. The largest absolute Gasteiger partial charge is 0.507 e. The van der Waals surface area contributed by atoms with Gasteiger partial charge in [0.1, 0.15) is 18.1 Å². The van der Waals surface area contributed by atoms with Crippen molar-refractivity contribution in [3.05, 3.63) is 75.5 Å². The molecule has 1 amide bonds. The summed E-state index contributed by atoms with van der Waals surface area (Å²) in [6.45, 7) is 3.58. The average Bonchev–Trinajstić information content (AvgIpc) is 3.48. The van der Waals surface area contributed by atoms with Crippen molar-refractivity contribution in [1.29, 1.82) is 0 Å². The maximum absolute atomic E-state index is 13.4. The van der Waals surface area contributed by atoms with Crippen molar-refractivity contribution in [2.75, 3.05) is 31.7 Å². The first-order valence-electron chi connectivity index (χ1n) is 11.6. The highest BCUT2D eigenvalue weighted by Crippen LogP contribution is 2.43. The summed E-state index contributed by atoms with van der Waals surface area (Å²) in [5.74, 6) is -0.839. The van der Waals surface area contributed by atoms with Gasteiger partial charge in [-0.25, -0.2) is 0 Å². The molecule has 186 valence electrons. The zero-order chi connectivity index (χ0) is 25.4. The summed E-state index contributed by atoms with van der Waals surface area (Å²) in [4.78, 5) is 31.0. The SMILES string of the molecule is CCOc1cc(C2/C(=C(\O)c3ccc4c(c3)N(C)CCO4)C(=O)C(=O)N2Cc2cccs2)ccc1O. The number of ether oxygens (including phenoxy) is 2. The number of benzene rings is 2. The monoisotopic (exact) mass is 506 g/mol. The van der Waals surface area contributed by atoms with Crippen LogP contribution < -0.4 is 14.4 Å². The molecule has 2 N–H and O–H groups in total. The van der Waals surface area contributed by atoms with Crippen LogP contribution in [0.3, 0.4) is 0 Å². The van der Waals surface area contributed by atoms with Crippen molar-refractivity contribution < 1.29 is 29.3 Å². The molecule has 0 saturated carbocycles. The molecule has 1 atom stereocenters. The number of rotatable bonds is 6. The van der Waals surface area contributed by atoms with Crippen molar-refractivity contribution >= 4 is 34.5 Å². The van der Waals surface area contributed by atoms with Crippen molar-refractivity contribution in [3.8, 4) is 17.2 Å². The molecule has 8 nitrogen and oxygen atoms in total. The second-order valence-corrected chi connectivity index (χ2v) is 9.65. The van der Waals surface area contributed by atoms with E-state index in [0.29, 0.717) is 36.6 Å². The number of hydrogen-bond donors (Lipinski definition) is 2. The lowest BCUT2D eigenvalue weighted by Crippen LogP contribution is -2.29. The molecular formula is C27H26N2O6S. The summed E-state index contributed by atoms with van der Waals surface area (Å²) in [7, 11) is 1.93. The average molecular weight is 507 g/mol. The van der Waals surface area contributed by atoms with Crippen molar-refractivity contribution in [3.63, 3.8) is 0 Å². The Morgan fingerprint density at radius 1 is 1.19 bits per heavy atom. The Morgan fingerprint density at radius 3 is 2.78 bits per heavy atom. The van der Waals surface area contributed by atoms with Crippen LogP contribution in [0.5, 0.6) is 17.2 Å². The molecule has 1 unspecified atom stereocenters. The van der Waals surface area contributed by atoms with Gasteiger partial charge in [-0.05, 0) is 54.3 Å². The molecule has 2 aliphatic rings. The van der Waals surface area contributed by atoms with Gasteiger partial charge in [0, 0.05) is 17.5 Å². The fourth-order valence-corrected chi connectivity index (χ4v) is 5.29. The van der Waals surface area contributed by atoms with E-state index in [4.69, 9.17) is 9.47 Å². The minimum absolute atomic E-state index is 0.0102. The number of nitrogens with zero attached hydrogens (tertiary/aromatic N) is 2. The standard InChI is InChI=1S/C27H26N2O6S/c1-3-34-22-14-16(6-8-20(22)30)24-23(26(32)27(33)29(24)15-18-5-4-12-36-18)25(31)17-7-9-21-19(13-17)28(2)10-11-35-21/h4-9,12-14,24,30-31H,3,10-11,15H2,1-2H3/b25-23+. The number of fused-ring (bicyclic) bond motifs is 1. The topological polar surface area (TPSA) is 99.5 Å². The number of hydrogen-bond acceptors (Lipinski definition) is 8. The van der Waals surface area contributed by atoms with Gasteiger partial charge in [0.15, 0.2) is 11.5 Å².